The van der Waals surface area contributed by atoms with E-state index in [-0.39, 0.29) is 0 Å². The fraction of sp³-hybridized carbons (Fsp3) is 0.385. The van der Waals surface area contributed by atoms with Gasteiger partial charge in [-0.3, -0.25) is 0 Å². The van der Waals surface area contributed by atoms with Gasteiger partial charge in [0.15, 0.2) is 0 Å². The highest BCUT2D eigenvalue weighted by molar-refractivity contribution is 5.52. The van der Waals surface area contributed by atoms with Crippen molar-refractivity contribution in [1.29, 1.82) is 0 Å². The first kappa shape index (κ1) is 11.8. The van der Waals surface area contributed by atoms with E-state index in [1.807, 2.05) is 24.3 Å². The van der Waals surface area contributed by atoms with Gasteiger partial charge in [0.05, 0.1) is 6.54 Å². The molecule has 2 aromatic rings. The number of nitrogens with one attached hydrogen (secondary N) is 1. The number of nitrogens with zero attached hydrogens (tertiary/aromatic N) is 2. The molecule has 0 unspecified atom stereocenters. The Hall–Kier alpha value is -1.68. The molecule has 0 saturated carbocycles. The molecule has 0 radical (unpaired) electrons. The van der Waals surface area contributed by atoms with E-state index >= 15 is 0 Å². The van der Waals surface area contributed by atoms with Crippen LogP contribution in [0.5, 0.6) is 0 Å². The van der Waals surface area contributed by atoms with Crippen LogP contribution in [0.1, 0.15) is 25.3 Å². The maximum Gasteiger partial charge on any atom is 0.247 e. The van der Waals surface area contributed by atoms with Crippen molar-refractivity contribution >= 4 is 0 Å². The third kappa shape index (κ3) is 3.14. The molecule has 0 aliphatic carbocycles. The van der Waals surface area contributed by atoms with E-state index in [1.54, 1.807) is 0 Å². The number of aromatic nitrogens is 2. The van der Waals surface area contributed by atoms with Crippen molar-refractivity contribution in [3.63, 3.8) is 0 Å². The molecule has 1 heterocycles. The largest absolute Gasteiger partial charge is 0.419 e. The molecule has 0 aliphatic rings. The number of aryl methyl sites for hydroxylation is 1. The van der Waals surface area contributed by atoms with Crippen LogP contribution in [0, 0.1) is 6.92 Å². The van der Waals surface area contributed by atoms with E-state index in [0.29, 0.717) is 24.4 Å². The molecule has 0 aliphatic heterocycles. The first-order valence-electron chi connectivity index (χ1n) is 5.78. The zero-order valence-corrected chi connectivity index (χ0v) is 10.4. The predicted molar refractivity (Wildman–Crippen MR) is 66.4 cm³/mol. The monoisotopic (exact) mass is 231 g/mol. The first-order chi connectivity index (χ1) is 8.15. The third-order valence-electron chi connectivity index (χ3n) is 2.43. The highest BCUT2D eigenvalue weighted by Crippen LogP contribution is 2.17. The van der Waals surface area contributed by atoms with Crippen LogP contribution in [0.3, 0.4) is 0 Å². The molecule has 0 spiro atoms. The van der Waals surface area contributed by atoms with Crippen molar-refractivity contribution in [3.05, 3.63) is 35.7 Å². The van der Waals surface area contributed by atoms with Crippen molar-refractivity contribution < 1.29 is 4.42 Å². The van der Waals surface area contributed by atoms with Crippen molar-refractivity contribution in [2.24, 2.45) is 0 Å². The summed E-state index contributed by atoms with van der Waals surface area (Å²) in [6, 6.07) is 8.45. The van der Waals surface area contributed by atoms with Gasteiger partial charge < -0.3 is 9.73 Å². The molecule has 17 heavy (non-hydrogen) atoms. The second-order valence-corrected chi connectivity index (χ2v) is 4.40. The van der Waals surface area contributed by atoms with E-state index < -0.39 is 0 Å². The van der Waals surface area contributed by atoms with Gasteiger partial charge in [-0.1, -0.05) is 31.5 Å². The van der Waals surface area contributed by atoms with Crippen LogP contribution in [0.2, 0.25) is 0 Å². The molecule has 1 aromatic carbocycles. The van der Waals surface area contributed by atoms with Gasteiger partial charge in [0.1, 0.15) is 0 Å². The number of rotatable bonds is 4. The summed E-state index contributed by atoms with van der Waals surface area (Å²) in [7, 11) is 0. The second-order valence-electron chi connectivity index (χ2n) is 4.40. The van der Waals surface area contributed by atoms with Crippen LogP contribution in [0.25, 0.3) is 11.5 Å². The fourth-order valence-corrected chi connectivity index (χ4v) is 1.43. The lowest BCUT2D eigenvalue weighted by Gasteiger charge is -2.03. The van der Waals surface area contributed by atoms with Gasteiger partial charge in [0.2, 0.25) is 11.8 Å². The standard InChI is InChI=1S/C13H17N3O/c1-9(2)14-8-12-15-16-13(17-12)11-6-4-10(3)5-7-11/h4-7,9,14H,8H2,1-3H3. The third-order valence-corrected chi connectivity index (χ3v) is 2.43. The van der Waals surface area contributed by atoms with E-state index in [2.05, 4.69) is 36.3 Å². The van der Waals surface area contributed by atoms with Crippen molar-refractivity contribution in [2.45, 2.75) is 33.4 Å². The van der Waals surface area contributed by atoms with Gasteiger partial charge in [-0.25, -0.2) is 0 Å². The summed E-state index contributed by atoms with van der Waals surface area (Å²) in [5.41, 5.74) is 2.17. The van der Waals surface area contributed by atoms with Crippen molar-refractivity contribution in [2.75, 3.05) is 0 Å². The Labute approximate surface area is 101 Å². The smallest absolute Gasteiger partial charge is 0.247 e. The lowest BCUT2D eigenvalue weighted by Crippen LogP contribution is -2.21. The Morgan fingerprint density at radius 1 is 1.18 bits per heavy atom. The van der Waals surface area contributed by atoms with Gasteiger partial charge in [-0.2, -0.15) is 0 Å². The maximum atomic E-state index is 5.58. The van der Waals surface area contributed by atoms with Crippen molar-refractivity contribution in [3.8, 4) is 11.5 Å². The quantitative estimate of drug-likeness (QED) is 0.878. The van der Waals surface area contributed by atoms with Gasteiger partial charge in [0.25, 0.3) is 0 Å². The summed E-state index contributed by atoms with van der Waals surface area (Å²) in [6.07, 6.45) is 0. The van der Waals surface area contributed by atoms with Gasteiger partial charge in [-0.15, -0.1) is 10.2 Å². The molecule has 0 bridgehead atoms. The van der Waals surface area contributed by atoms with E-state index in [0.717, 1.165) is 5.56 Å². The predicted octanol–water partition coefficient (Wildman–Crippen LogP) is 2.54. The van der Waals surface area contributed by atoms with Gasteiger partial charge in [0, 0.05) is 11.6 Å². The molecule has 0 fully saturated rings. The first-order valence-corrected chi connectivity index (χ1v) is 5.78. The summed E-state index contributed by atoms with van der Waals surface area (Å²) in [6.45, 7) is 6.82. The summed E-state index contributed by atoms with van der Waals surface area (Å²) < 4.78 is 5.58. The Morgan fingerprint density at radius 3 is 2.53 bits per heavy atom. The highest BCUT2D eigenvalue weighted by Gasteiger charge is 2.08. The van der Waals surface area contributed by atoms with Crippen LogP contribution >= 0.6 is 0 Å². The molecule has 0 saturated heterocycles. The summed E-state index contributed by atoms with van der Waals surface area (Å²) in [4.78, 5) is 0. The molecule has 1 N–H and O–H groups in total. The molecule has 4 heteroatoms. The molecule has 0 atom stereocenters. The minimum Gasteiger partial charge on any atom is -0.419 e. The minimum atomic E-state index is 0.407. The Morgan fingerprint density at radius 2 is 1.88 bits per heavy atom. The maximum absolute atomic E-state index is 5.58. The normalized spacial score (nSPS) is 11.1. The van der Waals surface area contributed by atoms with Crippen LogP contribution in [0.4, 0.5) is 0 Å². The number of hydrogen-bond acceptors (Lipinski definition) is 4. The van der Waals surface area contributed by atoms with E-state index in [9.17, 15) is 0 Å². The zero-order chi connectivity index (χ0) is 12.3. The molecular formula is C13H17N3O. The van der Waals surface area contributed by atoms with E-state index in [4.69, 9.17) is 4.42 Å². The molecule has 0 amide bonds. The minimum absolute atomic E-state index is 0.407. The average Bonchev–Trinajstić information content (AvgIpc) is 2.76. The van der Waals surface area contributed by atoms with E-state index in [1.165, 1.54) is 5.56 Å². The average molecular weight is 231 g/mol. The Balaban J connectivity index is 2.10. The highest BCUT2D eigenvalue weighted by atomic mass is 16.4. The molecule has 1 aromatic heterocycles. The molecule has 4 nitrogen and oxygen atoms in total. The lowest BCUT2D eigenvalue weighted by atomic mass is 10.1. The van der Waals surface area contributed by atoms with Crippen LogP contribution in [-0.2, 0) is 6.54 Å². The van der Waals surface area contributed by atoms with Gasteiger partial charge >= 0.3 is 0 Å². The van der Waals surface area contributed by atoms with Crippen LogP contribution in [0.15, 0.2) is 28.7 Å². The topological polar surface area (TPSA) is 51.0 Å². The number of hydrogen-bond donors (Lipinski definition) is 1. The SMILES string of the molecule is Cc1ccc(-c2nnc(CNC(C)C)o2)cc1. The Kier molecular flexibility index (Phi) is 3.54. The van der Waals surface area contributed by atoms with Crippen LogP contribution < -0.4 is 5.32 Å². The Bertz CT molecular complexity index is 474. The molecule has 2 rings (SSSR count). The molecular weight excluding hydrogens is 214 g/mol. The summed E-state index contributed by atoms with van der Waals surface area (Å²) in [5.74, 6) is 1.19. The fourth-order valence-electron chi connectivity index (χ4n) is 1.43. The van der Waals surface area contributed by atoms with Crippen molar-refractivity contribution in [1.82, 2.24) is 15.5 Å². The second kappa shape index (κ2) is 5.10. The van der Waals surface area contributed by atoms with Gasteiger partial charge in [-0.05, 0) is 19.1 Å². The zero-order valence-electron chi connectivity index (χ0n) is 10.4. The van der Waals surface area contributed by atoms with Crippen LogP contribution in [-0.4, -0.2) is 16.2 Å². The summed E-state index contributed by atoms with van der Waals surface area (Å²) >= 11 is 0. The molecule has 90 valence electrons. The lowest BCUT2D eigenvalue weighted by molar-refractivity contribution is 0.459. The number of benzene rings is 1. The summed E-state index contributed by atoms with van der Waals surface area (Å²) in [5, 5.41) is 11.3.